The second kappa shape index (κ2) is 10.5. The molecule has 0 spiro atoms. The summed E-state index contributed by atoms with van der Waals surface area (Å²) in [5, 5.41) is 0. The molecule has 4 rings (SSSR count). The highest BCUT2D eigenvalue weighted by Gasteiger charge is 2.23. The Balaban J connectivity index is 0.00000109. The van der Waals surface area contributed by atoms with Crippen LogP contribution in [0.25, 0.3) is 5.57 Å². The van der Waals surface area contributed by atoms with Crippen molar-refractivity contribution in [2.75, 3.05) is 0 Å². The molecule has 0 unspecified atom stereocenters. The van der Waals surface area contributed by atoms with Gasteiger partial charge in [0.15, 0.2) is 0 Å². The molecule has 2 saturated carbocycles. The van der Waals surface area contributed by atoms with E-state index in [1.165, 1.54) is 69.8 Å². The van der Waals surface area contributed by atoms with E-state index in [9.17, 15) is 0 Å². The molecular weight excluding hydrogens is 336 g/mol. The van der Waals surface area contributed by atoms with Crippen molar-refractivity contribution in [3.05, 3.63) is 53.1 Å². The van der Waals surface area contributed by atoms with E-state index in [-0.39, 0.29) is 0 Å². The lowest BCUT2D eigenvalue weighted by Crippen LogP contribution is -2.15. The van der Waals surface area contributed by atoms with Crippen molar-refractivity contribution in [2.24, 2.45) is 17.8 Å². The van der Waals surface area contributed by atoms with Gasteiger partial charge in [-0.15, -0.1) is 0 Å². The molecule has 0 heterocycles. The molecule has 0 aliphatic heterocycles. The van der Waals surface area contributed by atoms with E-state index >= 15 is 0 Å². The van der Waals surface area contributed by atoms with Gasteiger partial charge in [-0.05, 0) is 78.9 Å². The van der Waals surface area contributed by atoms with Gasteiger partial charge in [0.25, 0.3) is 0 Å². The number of hydrogen-bond donors (Lipinski definition) is 0. The summed E-state index contributed by atoms with van der Waals surface area (Å²) < 4.78 is 0. The van der Waals surface area contributed by atoms with Crippen LogP contribution in [-0.4, -0.2) is 0 Å². The number of rotatable bonds is 3. The van der Waals surface area contributed by atoms with E-state index in [2.05, 4.69) is 50.3 Å². The van der Waals surface area contributed by atoms with Crippen molar-refractivity contribution in [1.29, 1.82) is 0 Å². The van der Waals surface area contributed by atoms with E-state index in [4.69, 9.17) is 0 Å². The monoisotopic (exact) mass is 378 g/mol. The van der Waals surface area contributed by atoms with Crippen molar-refractivity contribution < 1.29 is 0 Å². The van der Waals surface area contributed by atoms with Gasteiger partial charge in [0, 0.05) is 0 Å². The first-order valence-electron chi connectivity index (χ1n) is 12.2. The van der Waals surface area contributed by atoms with E-state index in [0.29, 0.717) is 0 Å². The number of benzene rings is 1. The average molecular weight is 379 g/mol. The van der Waals surface area contributed by atoms with Gasteiger partial charge in [-0.1, -0.05) is 95.4 Å². The Morgan fingerprint density at radius 3 is 1.64 bits per heavy atom. The molecule has 154 valence electrons. The Morgan fingerprint density at radius 2 is 1.14 bits per heavy atom. The van der Waals surface area contributed by atoms with Crippen molar-refractivity contribution in [2.45, 2.75) is 97.8 Å². The molecule has 0 bridgehead atoms. The topological polar surface area (TPSA) is 0 Å². The SMILES string of the molecule is CC.CC1CCC(C2=CC=C(c3ccc(C4CCC(C)CC4)cc3)CC2)CC1. The molecule has 0 amide bonds. The predicted molar refractivity (Wildman–Crippen MR) is 125 cm³/mol. The highest BCUT2D eigenvalue weighted by atomic mass is 14.3. The van der Waals surface area contributed by atoms with Crippen LogP contribution in [0.4, 0.5) is 0 Å². The maximum atomic E-state index is 2.47. The molecule has 0 atom stereocenters. The number of hydrogen-bond acceptors (Lipinski definition) is 0. The molecule has 3 aliphatic carbocycles. The van der Waals surface area contributed by atoms with Gasteiger partial charge in [-0.25, -0.2) is 0 Å². The lowest BCUT2D eigenvalue weighted by atomic mass is 9.76. The molecule has 1 aromatic carbocycles. The minimum Gasteiger partial charge on any atom is -0.0683 e. The van der Waals surface area contributed by atoms with Gasteiger partial charge >= 0.3 is 0 Å². The molecule has 28 heavy (non-hydrogen) atoms. The Kier molecular flexibility index (Phi) is 8.00. The van der Waals surface area contributed by atoms with Crippen LogP contribution in [-0.2, 0) is 0 Å². The fourth-order valence-corrected chi connectivity index (χ4v) is 5.43. The van der Waals surface area contributed by atoms with Crippen LogP contribution in [0.15, 0.2) is 42.0 Å². The van der Waals surface area contributed by atoms with Gasteiger partial charge in [0.1, 0.15) is 0 Å². The standard InChI is InChI=1S/C26H36.C2H6/c1-19-3-7-21(8-4-19)23-11-15-25(16-12-23)26-17-13-24(14-18-26)22-9-5-20(2)6-10-22;1-2/h11-13,15-17,19-22H,3-10,14,18H2,1-2H3;1-2H3. The highest BCUT2D eigenvalue weighted by molar-refractivity contribution is 5.69. The largest absolute Gasteiger partial charge is 0.0683 e. The molecule has 0 aromatic heterocycles. The third kappa shape index (κ3) is 5.40. The summed E-state index contributed by atoms with van der Waals surface area (Å²) in [6.07, 6.45) is 18.7. The van der Waals surface area contributed by atoms with Gasteiger partial charge in [-0.3, -0.25) is 0 Å². The van der Waals surface area contributed by atoms with E-state index in [1.807, 2.05) is 13.8 Å². The lowest BCUT2D eigenvalue weighted by molar-refractivity contribution is 0.316. The minimum absolute atomic E-state index is 0.806. The molecule has 0 nitrogen and oxygen atoms in total. The summed E-state index contributed by atoms with van der Waals surface area (Å²) in [7, 11) is 0. The van der Waals surface area contributed by atoms with Gasteiger partial charge in [0.05, 0.1) is 0 Å². The summed E-state index contributed by atoms with van der Waals surface area (Å²) in [5.41, 5.74) is 6.30. The molecule has 0 saturated heterocycles. The van der Waals surface area contributed by atoms with Crippen LogP contribution in [0.1, 0.15) is 109 Å². The molecule has 1 aromatic rings. The van der Waals surface area contributed by atoms with Gasteiger partial charge in [0.2, 0.25) is 0 Å². The fourth-order valence-electron chi connectivity index (χ4n) is 5.43. The summed E-state index contributed by atoms with van der Waals surface area (Å²) >= 11 is 0. The second-order valence-corrected chi connectivity index (χ2v) is 9.47. The maximum Gasteiger partial charge on any atom is -0.0162 e. The molecule has 0 heteroatoms. The van der Waals surface area contributed by atoms with Crippen molar-refractivity contribution in [3.63, 3.8) is 0 Å². The summed E-state index contributed by atoms with van der Waals surface area (Å²) in [5.74, 6) is 3.57. The molecule has 2 fully saturated rings. The zero-order valence-electron chi connectivity index (χ0n) is 18.8. The summed E-state index contributed by atoms with van der Waals surface area (Å²) in [6.45, 7) is 8.82. The van der Waals surface area contributed by atoms with Crippen molar-refractivity contribution in [1.82, 2.24) is 0 Å². The van der Waals surface area contributed by atoms with Crippen molar-refractivity contribution in [3.8, 4) is 0 Å². The summed E-state index contributed by atoms with van der Waals surface area (Å²) in [4.78, 5) is 0. The van der Waals surface area contributed by atoms with Gasteiger partial charge in [-0.2, -0.15) is 0 Å². The number of allylic oxidation sites excluding steroid dienone is 4. The zero-order chi connectivity index (χ0) is 19.9. The average Bonchev–Trinajstić information content (AvgIpc) is 2.77. The quantitative estimate of drug-likeness (QED) is 0.492. The fraction of sp³-hybridized carbons (Fsp3) is 0.643. The first-order chi connectivity index (χ1) is 13.7. The Hall–Kier alpha value is -1.30. The molecular formula is C28H42. The minimum atomic E-state index is 0.806. The first-order valence-corrected chi connectivity index (χ1v) is 12.2. The van der Waals surface area contributed by atoms with Crippen LogP contribution in [0.3, 0.4) is 0 Å². The second-order valence-electron chi connectivity index (χ2n) is 9.47. The highest BCUT2D eigenvalue weighted by Crippen LogP contribution is 2.39. The smallest absolute Gasteiger partial charge is 0.0162 e. The van der Waals surface area contributed by atoms with Crippen molar-refractivity contribution >= 4 is 5.57 Å². The van der Waals surface area contributed by atoms with Crippen LogP contribution >= 0.6 is 0 Å². The third-order valence-corrected chi connectivity index (χ3v) is 7.49. The Bertz CT molecular complexity index is 644. The van der Waals surface area contributed by atoms with Gasteiger partial charge < -0.3 is 0 Å². The lowest BCUT2D eigenvalue weighted by Gasteiger charge is -2.30. The first kappa shape index (κ1) is 21.4. The molecule has 0 N–H and O–H groups in total. The summed E-state index contributed by atoms with van der Waals surface area (Å²) in [6, 6.07) is 9.61. The molecule has 3 aliphatic rings. The van der Waals surface area contributed by atoms with Crippen LogP contribution in [0, 0.1) is 17.8 Å². The Morgan fingerprint density at radius 1 is 0.607 bits per heavy atom. The van der Waals surface area contributed by atoms with E-state index in [1.54, 1.807) is 16.7 Å². The molecule has 0 radical (unpaired) electrons. The predicted octanol–water partition coefficient (Wildman–Crippen LogP) is 8.94. The van der Waals surface area contributed by atoms with E-state index < -0.39 is 0 Å². The normalized spacial score (nSPS) is 30.6. The van der Waals surface area contributed by atoms with Crippen LogP contribution in [0.5, 0.6) is 0 Å². The van der Waals surface area contributed by atoms with Crippen LogP contribution < -0.4 is 0 Å². The van der Waals surface area contributed by atoms with E-state index in [0.717, 1.165) is 23.7 Å². The maximum absolute atomic E-state index is 2.47. The Labute approximate surface area is 174 Å². The third-order valence-electron chi connectivity index (χ3n) is 7.49. The zero-order valence-corrected chi connectivity index (χ0v) is 18.8. The van der Waals surface area contributed by atoms with Crippen LogP contribution in [0.2, 0.25) is 0 Å².